The van der Waals surface area contributed by atoms with Crippen molar-refractivity contribution in [1.82, 2.24) is 0 Å². The summed E-state index contributed by atoms with van der Waals surface area (Å²) in [7, 11) is 0. The second-order valence-corrected chi connectivity index (χ2v) is 3.73. The lowest BCUT2D eigenvalue weighted by Gasteiger charge is -2.08. The molecule has 78 valence electrons. The normalized spacial score (nSPS) is 11.9. The molecule has 1 aromatic carbocycles. The van der Waals surface area contributed by atoms with E-state index in [-0.39, 0.29) is 0 Å². The van der Waals surface area contributed by atoms with Crippen LogP contribution in [0.4, 0.5) is 22.0 Å². The van der Waals surface area contributed by atoms with Crippen LogP contribution in [-0.4, -0.2) is 5.51 Å². The van der Waals surface area contributed by atoms with Crippen LogP contribution in [-0.2, 0) is 0 Å². The molecule has 1 aromatic rings. The largest absolute Gasteiger partial charge is 0.446 e. The molecule has 0 radical (unpaired) electrons. The Morgan fingerprint density at radius 1 is 1.14 bits per heavy atom. The van der Waals surface area contributed by atoms with Gasteiger partial charge in [-0.3, -0.25) is 0 Å². The molecule has 0 aliphatic rings. The Bertz CT molecular complexity index is 325. The topological polar surface area (TPSA) is 0 Å². The van der Waals surface area contributed by atoms with Crippen LogP contribution < -0.4 is 0 Å². The van der Waals surface area contributed by atoms with E-state index < -0.39 is 38.8 Å². The average molecular weight is 249 g/mol. The van der Waals surface area contributed by atoms with E-state index in [0.29, 0.717) is 12.1 Å². The van der Waals surface area contributed by atoms with E-state index in [4.69, 9.17) is 11.6 Å². The molecule has 0 N–H and O–H groups in total. The van der Waals surface area contributed by atoms with Gasteiger partial charge >= 0.3 is 5.51 Å². The second-order valence-electron chi connectivity index (χ2n) is 2.25. The van der Waals surface area contributed by atoms with Gasteiger partial charge in [0.1, 0.15) is 11.6 Å². The molecule has 0 bridgehead atoms. The Morgan fingerprint density at radius 3 is 2.14 bits per heavy atom. The van der Waals surface area contributed by atoms with Crippen molar-refractivity contribution >= 4 is 23.4 Å². The number of rotatable bonds is 1. The summed E-state index contributed by atoms with van der Waals surface area (Å²) >= 11 is 4.53. The maximum atomic E-state index is 12.8. The van der Waals surface area contributed by atoms with Crippen molar-refractivity contribution in [2.24, 2.45) is 0 Å². The van der Waals surface area contributed by atoms with Crippen molar-refractivity contribution in [1.29, 1.82) is 0 Å². The smallest absolute Gasteiger partial charge is 0.207 e. The van der Waals surface area contributed by atoms with Crippen molar-refractivity contribution in [2.45, 2.75) is 10.4 Å². The van der Waals surface area contributed by atoms with Crippen molar-refractivity contribution < 1.29 is 22.0 Å². The minimum atomic E-state index is -4.65. The molecular weight excluding hydrogens is 247 g/mol. The van der Waals surface area contributed by atoms with Crippen LogP contribution in [0, 0.1) is 11.6 Å². The van der Waals surface area contributed by atoms with Crippen molar-refractivity contribution in [3.63, 3.8) is 0 Å². The summed E-state index contributed by atoms with van der Waals surface area (Å²) in [6.07, 6.45) is 0. The molecule has 0 saturated carbocycles. The fourth-order valence-corrected chi connectivity index (χ4v) is 1.60. The maximum absolute atomic E-state index is 12.8. The molecule has 0 spiro atoms. The Balaban J connectivity index is 3.09. The van der Waals surface area contributed by atoms with Gasteiger partial charge < -0.3 is 0 Å². The predicted molar refractivity (Wildman–Crippen MR) is 43.3 cm³/mol. The number of hydrogen-bond donors (Lipinski definition) is 0. The molecule has 0 heterocycles. The van der Waals surface area contributed by atoms with E-state index in [1.807, 2.05) is 0 Å². The predicted octanol–water partition coefficient (Wildman–Crippen LogP) is 4.23. The van der Waals surface area contributed by atoms with Crippen LogP contribution in [0.5, 0.6) is 0 Å². The molecular formula is C7H2ClF5S. The van der Waals surface area contributed by atoms with E-state index in [2.05, 4.69) is 0 Å². The summed E-state index contributed by atoms with van der Waals surface area (Å²) in [5, 5.41) is -0.593. The van der Waals surface area contributed by atoms with Gasteiger partial charge in [0, 0.05) is 6.07 Å². The summed E-state index contributed by atoms with van der Waals surface area (Å²) in [6.45, 7) is 0. The van der Waals surface area contributed by atoms with Crippen LogP contribution in [0.3, 0.4) is 0 Å². The Morgan fingerprint density at radius 2 is 1.71 bits per heavy atom. The highest BCUT2D eigenvalue weighted by atomic mass is 35.5. The van der Waals surface area contributed by atoms with E-state index in [0.717, 1.165) is 0 Å². The number of benzene rings is 1. The first-order chi connectivity index (χ1) is 6.29. The molecule has 0 aliphatic heterocycles. The van der Waals surface area contributed by atoms with Gasteiger partial charge in [-0.25, -0.2) is 8.78 Å². The van der Waals surface area contributed by atoms with Crippen LogP contribution in [0.15, 0.2) is 17.0 Å². The van der Waals surface area contributed by atoms with E-state index >= 15 is 0 Å². The van der Waals surface area contributed by atoms with E-state index in [1.165, 1.54) is 0 Å². The van der Waals surface area contributed by atoms with Gasteiger partial charge in [-0.2, -0.15) is 13.2 Å². The molecule has 1 rings (SSSR count). The summed E-state index contributed by atoms with van der Waals surface area (Å²) in [4.78, 5) is -0.819. The summed E-state index contributed by atoms with van der Waals surface area (Å²) < 4.78 is 60.8. The summed E-state index contributed by atoms with van der Waals surface area (Å²) in [5.74, 6) is -2.34. The zero-order valence-electron chi connectivity index (χ0n) is 6.33. The molecule has 7 heteroatoms. The number of alkyl halides is 3. The van der Waals surface area contributed by atoms with Crippen molar-refractivity contribution in [2.75, 3.05) is 0 Å². The minimum absolute atomic E-state index is 0.347. The fourth-order valence-electron chi connectivity index (χ4n) is 0.742. The third kappa shape index (κ3) is 3.02. The number of thioether (sulfide) groups is 1. The van der Waals surface area contributed by atoms with Crippen molar-refractivity contribution in [3.8, 4) is 0 Å². The average Bonchev–Trinajstić information content (AvgIpc) is 1.95. The highest BCUT2D eigenvalue weighted by molar-refractivity contribution is 8.00. The highest BCUT2D eigenvalue weighted by Gasteiger charge is 2.32. The molecule has 0 amide bonds. The summed E-state index contributed by atoms with van der Waals surface area (Å²) in [5.41, 5.74) is -4.65. The van der Waals surface area contributed by atoms with Crippen LogP contribution >= 0.6 is 23.4 Å². The standard InChI is InChI=1S/C7H2ClF5S/c8-4-1-3(9)2-5(10)6(4)14-7(11,12)13/h1-2H. The number of halogens is 6. The monoisotopic (exact) mass is 248 g/mol. The molecule has 0 atom stereocenters. The van der Waals surface area contributed by atoms with Gasteiger partial charge in [-0.15, -0.1) is 0 Å². The lowest BCUT2D eigenvalue weighted by Crippen LogP contribution is -2.01. The third-order valence-electron chi connectivity index (χ3n) is 1.18. The van der Waals surface area contributed by atoms with Gasteiger partial charge in [0.15, 0.2) is 0 Å². The fraction of sp³-hybridized carbons (Fsp3) is 0.143. The first kappa shape index (κ1) is 11.6. The van der Waals surface area contributed by atoms with Crippen LogP contribution in [0.1, 0.15) is 0 Å². The lowest BCUT2D eigenvalue weighted by molar-refractivity contribution is -0.0329. The van der Waals surface area contributed by atoms with E-state index in [9.17, 15) is 22.0 Å². The molecule has 0 nitrogen and oxygen atoms in total. The zero-order chi connectivity index (χ0) is 10.9. The quantitative estimate of drug-likeness (QED) is 0.529. The highest BCUT2D eigenvalue weighted by Crippen LogP contribution is 2.41. The molecule has 0 unspecified atom stereocenters. The molecule has 0 fully saturated rings. The second kappa shape index (κ2) is 3.94. The van der Waals surface area contributed by atoms with Gasteiger partial charge in [0.25, 0.3) is 0 Å². The first-order valence-electron chi connectivity index (χ1n) is 3.20. The Kier molecular flexibility index (Phi) is 3.26. The number of hydrogen-bond acceptors (Lipinski definition) is 1. The van der Waals surface area contributed by atoms with Gasteiger partial charge in [-0.1, -0.05) is 11.6 Å². The zero-order valence-corrected chi connectivity index (χ0v) is 7.90. The Hall–Kier alpha value is -0.490. The van der Waals surface area contributed by atoms with Gasteiger partial charge in [-0.05, 0) is 17.8 Å². The SMILES string of the molecule is Fc1cc(F)c(SC(F)(F)F)c(Cl)c1. The Labute approximate surface area is 85.1 Å². The molecule has 0 saturated heterocycles. The molecule has 0 aliphatic carbocycles. The summed E-state index contributed by atoms with van der Waals surface area (Å²) in [6, 6.07) is 0.971. The minimum Gasteiger partial charge on any atom is -0.207 e. The van der Waals surface area contributed by atoms with E-state index in [1.54, 1.807) is 0 Å². The molecule has 14 heavy (non-hydrogen) atoms. The first-order valence-corrected chi connectivity index (χ1v) is 4.39. The van der Waals surface area contributed by atoms with Crippen LogP contribution in [0.2, 0.25) is 5.02 Å². The van der Waals surface area contributed by atoms with Gasteiger partial charge in [0.2, 0.25) is 0 Å². The molecule has 0 aromatic heterocycles. The maximum Gasteiger partial charge on any atom is 0.446 e. The van der Waals surface area contributed by atoms with Crippen molar-refractivity contribution in [3.05, 3.63) is 28.8 Å². The van der Waals surface area contributed by atoms with Gasteiger partial charge in [0.05, 0.1) is 9.92 Å². The van der Waals surface area contributed by atoms with Crippen LogP contribution in [0.25, 0.3) is 0 Å². The lowest BCUT2D eigenvalue weighted by atomic mass is 10.3. The third-order valence-corrected chi connectivity index (χ3v) is 2.44.